The summed E-state index contributed by atoms with van der Waals surface area (Å²) in [5.41, 5.74) is 1.33. The van der Waals surface area contributed by atoms with Crippen molar-refractivity contribution in [3.63, 3.8) is 0 Å². The predicted octanol–water partition coefficient (Wildman–Crippen LogP) is 0.319. The number of hydrogen-bond donors (Lipinski definition) is 1. The summed E-state index contributed by atoms with van der Waals surface area (Å²) in [6.45, 7) is 1.40. The van der Waals surface area contributed by atoms with E-state index in [2.05, 4.69) is 20.5 Å². The lowest BCUT2D eigenvalue weighted by Gasteiger charge is -2.15. The summed E-state index contributed by atoms with van der Waals surface area (Å²) >= 11 is 0.714. The van der Waals surface area contributed by atoms with Gasteiger partial charge in [-0.2, -0.15) is 0 Å². The van der Waals surface area contributed by atoms with Gasteiger partial charge in [-0.25, -0.2) is 18.2 Å². The minimum absolute atomic E-state index is 0.0709. The van der Waals surface area contributed by atoms with E-state index in [1.165, 1.54) is 11.8 Å². The van der Waals surface area contributed by atoms with E-state index >= 15 is 0 Å². The summed E-state index contributed by atoms with van der Waals surface area (Å²) in [5.74, 6) is -0.341. The van der Waals surface area contributed by atoms with Crippen LogP contribution in [0.15, 0.2) is 40.9 Å². The quantitative estimate of drug-likeness (QED) is 0.630. The average molecular weight is 379 g/mol. The number of amides is 1. The van der Waals surface area contributed by atoms with E-state index < -0.39 is 10.0 Å². The fourth-order valence-corrected chi connectivity index (χ4v) is 3.45. The smallest absolute Gasteiger partial charge is 0.267 e. The zero-order valence-corrected chi connectivity index (χ0v) is 14.6. The number of hydrogen-bond acceptors (Lipinski definition) is 8. The molecule has 0 spiro atoms. The van der Waals surface area contributed by atoms with Gasteiger partial charge in [0.05, 0.1) is 18.4 Å². The van der Waals surface area contributed by atoms with Crippen molar-refractivity contribution >= 4 is 32.4 Å². The topological polar surface area (TPSA) is 137 Å². The maximum atomic E-state index is 11.9. The van der Waals surface area contributed by atoms with E-state index in [9.17, 15) is 13.2 Å². The Labute approximate surface area is 147 Å². The van der Waals surface area contributed by atoms with Crippen LogP contribution in [0.2, 0.25) is 0 Å². The Morgan fingerprint density at radius 1 is 1.24 bits per heavy atom. The summed E-state index contributed by atoms with van der Waals surface area (Å²) < 4.78 is 23.8. The highest BCUT2D eigenvalue weighted by Gasteiger charge is 2.22. The second-order valence-electron chi connectivity index (χ2n) is 4.99. The van der Waals surface area contributed by atoms with Crippen molar-refractivity contribution in [2.24, 2.45) is 5.14 Å². The lowest BCUT2D eigenvalue weighted by Crippen LogP contribution is -2.27. The van der Waals surface area contributed by atoms with Gasteiger partial charge in [0.25, 0.3) is 10.0 Å². The third-order valence-corrected chi connectivity index (χ3v) is 5.39. The largest absolute Gasteiger partial charge is 0.281 e. The molecule has 3 aromatic rings. The van der Waals surface area contributed by atoms with Crippen LogP contribution in [0, 0.1) is 0 Å². The molecule has 0 saturated carbocycles. The molecule has 0 saturated heterocycles. The SMILES string of the molecule is CC(=O)N(Cc1cn(-c2ccccc2)nn1)c1nnc(S(N)(=O)=O)s1. The Morgan fingerprint density at radius 2 is 1.96 bits per heavy atom. The van der Waals surface area contributed by atoms with E-state index in [0.29, 0.717) is 17.0 Å². The highest BCUT2D eigenvalue weighted by Crippen LogP contribution is 2.24. The molecule has 0 aliphatic heterocycles. The van der Waals surface area contributed by atoms with Crippen LogP contribution in [0.1, 0.15) is 12.6 Å². The molecule has 12 heteroatoms. The first-order valence-electron chi connectivity index (χ1n) is 6.95. The molecule has 130 valence electrons. The number of nitrogens with zero attached hydrogens (tertiary/aromatic N) is 6. The molecule has 0 aliphatic rings. The molecule has 0 fully saturated rings. The monoisotopic (exact) mass is 379 g/mol. The average Bonchev–Trinajstić information content (AvgIpc) is 3.22. The molecule has 0 aliphatic carbocycles. The summed E-state index contributed by atoms with van der Waals surface area (Å²) in [4.78, 5) is 13.2. The van der Waals surface area contributed by atoms with Crippen molar-refractivity contribution in [2.45, 2.75) is 17.8 Å². The number of carbonyl (C=O) groups excluding carboxylic acids is 1. The molecule has 0 radical (unpaired) electrons. The van der Waals surface area contributed by atoms with Crippen LogP contribution in [0.3, 0.4) is 0 Å². The third kappa shape index (κ3) is 3.87. The maximum Gasteiger partial charge on any atom is 0.267 e. The van der Waals surface area contributed by atoms with Crippen molar-refractivity contribution in [3.05, 3.63) is 42.2 Å². The van der Waals surface area contributed by atoms with Crippen LogP contribution in [-0.4, -0.2) is 39.5 Å². The molecule has 0 bridgehead atoms. The van der Waals surface area contributed by atoms with Crippen molar-refractivity contribution in [1.29, 1.82) is 0 Å². The van der Waals surface area contributed by atoms with Crippen molar-refractivity contribution in [3.8, 4) is 5.69 Å². The Hall–Kier alpha value is -2.70. The van der Waals surface area contributed by atoms with Crippen molar-refractivity contribution in [1.82, 2.24) is 25.2 Å². The van der Waals surface area contributed by atoms with E-state index in [-0.39, 0.29) is 21.9 Å². The van der Waals surface area contributed by atoms with Gasteiger partial charge >= 0.3 is 0 Å². The molecule has 2 N–H and O–H groups in total. The standard InChI is InChI=1S/C13H13N7O3S2/c1-9(21)19(12-16-17-13(24-12)25(14,22)23)7-10-8-20(18-15-10)11-5-3-2-4-6-11/h2-6,8H,7H2,1H3,(H2,14,22,23). The Bertz CT molecular complexity index is 998. The first-order chi connectivity index (χ1) is 11.8. The molecular weight excluding hydrogens is 366 g/mol. The zero-order chi connectivity index (χ0) is 18.0. The van der Waals surface area contributed by atoms with Gasteiger partial charge in [-0.05, 0) is 12.1 Å². The summed E-state index contributed by atoms with van der Waals surface area (Å²) in [5, 5.41) is 20.4. The summed E-state index contributed by atoms with van der Waals surface area (Å²) in [6, 6.07) is 9.36. The number of rotatable bonds is 5. The number of para-hydroxylation sites is 1. The number of anilines is 1. The molecule has 0 atom stereocenters. The van der Waals surface area contributed by atoms with E-state index in [4.69, 9.17) is 5.14 Å². The number of aromatic nitrogens is 5. The summed E-state index contributed by atoms with van der Waals surface area (Å²) in [6.07, 6.45) is 1.67. The molecule has 2 aromatic heterocycles. The van der Waals surface area contributed by atoms with E-state index in [0.717, 1.165) is 5.69 Å². The minimum Gasteiger partial charge on any atom is -0.281 e. The zero-order valence-electron chi connectivity index (χ0n) is 13.0. The van der Waals surface area contributed by atoms with Crippen LogP contribution in [0.5, 0.6) is 0 Å². The van der Waals surface area contributed by atoms with Crippen molar-refractivity contribution < 1.29 is 13.2 Å². The predicted molar refractivity (Wildman–Crippen MR) is 89.5 cm³/mol. The van der Waals surface area contributed by atoms with E-state index in [1.54, 1.807) is 10.9 Å². The molecule has 25 heavy (non-hydrogen) atoms. The highest BCUT2D eigenvalue weighted by atomic mass is 32.2. The molecule has 10 nitrogen and oxygen atoms in total. The minimum atomic E-state index is -3.97. The fraction of sp³-hybridized carbons (Fsp3) is 0.154. The lowest BCUT2D eigenvalue weighted by molar-refractivity contribution is -0.116. The van der Waals surface area contributed by atoms with Gasteiger partial charge in [-0.15, -0.1) is 15.3 Å². The van der Waals surface area contributed by atoms with E-state index in [1.807, 2.05) is 30.3 Å². The van der Waals surface area contributed by atoms with Gasteiger partial charge in [-0.1, -0.05) is 34.7 Å². The van der Waals surface area contributed by atoms with Gasteiger partial charge < -0.3 is 0 Å². The molecule has 2 heterocycles. The van der Waals surface area contributed by atoms with Crippen LogP contribution in [0.4, 0.5) is 5.13 Å². The van der Waals surface area contributed by atoms with Crippen LogP contribution >= 0.6 is 11.3 Å². The van der Waals surface area contributed by atoms with Crippen LogP contribution in [0.25, 0.3) is 5.69 Å². The maximum absolute atomic E-state index is 11.9. The van der Waals surface area contributed by atoms with Gasteiger partial charge in [-0.3, -0.25) is 9.69 Å². The Kier molecular flexibility index (Phi) is 4.57. The molecule has 1 amide bonds. The third-order valence-electron chi connectivity index (χ3n) is 3.13. The normalized spacial score (nSPS) is 11.4. The van der Waals surface area contributed by atoms with Crippen LogP contribution < -0.4 is 10.0 Å². The Morgan fingerprint density at radius 3 is 2.56 bits per heavy atom. The number of primary sulfonamides is 1. The highest BCUT2D eigenvalue weighted by molar-refractivity contribution is 7.91. The molecule has 1 aromatic carbocycles. The summed E-state index contributed by atoms with van der Waals surface area (Å²) in [7, 11) is -3.97. The number of carbonyl (C=O) groups is 1. The molecule has 3 rings (SSSR count). The number of sulfonamides is 1. The Balaban J connectivity index is 1.85. The van der Waals surface area contributed by atoms with Crippen LogP contribution in [-0.2, 0) is 21.4 Å². The molecule has 0 unspecified atom stereocenters. The first-order valence-corrected chi connectivity index (χ1v) is 9.32. The first kappa shape index (κ1) is 17.1. The second kappa shape index (κ2) is 6.66. The number of nitrogens with two attached hydrogens (primary N) is 1. The van der Waals surface area contributed by atoms with Gasteiger partial charge in [0, 0.05) is 6.92 Å². The van der Waals surface area contributed by atoms with Gasteiger partial charge in [0.15, 0.2) is 0 Å². The van der Waals surface area contributed by atoms with Gasteiger partial charge in [0.2, 0.25) is 15.4 Å². The lowest BCUT2D eigenvalue weighted by atomic mass is 10.3. The molecular formula is C13H13N7O3S2. The van der Waals surface area contributed by atoms with Gasteiger partial charge in [0.1, 0.15) is 5.69 Å². The second-order valence-corrected chi connectivity index (χ2v) is 7.68. The van der Waals surface area contributed by atoms with Crippen molar-refractivity contribution in [2.75, 3.05) is 4.90 Å². The fourth-order valence-electron chi connectivity index (χ4n) is 1.98. The number of benzene rings is 1.